The Bertz CT molecular complexity index is 1110. The monoisotopic (exact) mass is 346 g/mol. The molecule has 0 aliphatic rings. The Kier molecular flexibility index (Phi) is 4.09. The maximum Gasteiger partial charge on any atom is 0.159 e. The van der Waals surface area contributed by atoms with E-state index < -0.39 is 0 Å². The molecule has 4 rings (SSSR count). The molecule has 4 nitrogen and oxygen atoms in total. The molecule has 1 aromatic heterocycles. The zero-order valence-electron chi connectivity index (χ0n) is 14.6. The number of methoxy groups -OCH3 is 1. The van der Waals surface area contributed by atoms with Crippen molar-refractivity contribution in [2.75, 3.05) is 7.11 Å². The number of Topliss-reactive ketones (excluding diaryl/α,β-unsaturated/α-hetero) is 1. The van der Waals surface area contributed by atoms with Gasteiger partial charge in [0.15, 0.2) is 5.78 Å². The van der Waals surface area contributed by atoms with Gasteiger partial charge in [0.2, 0.25) is 0 Å². The van der Waals surface area contributed by atoms with Crippen molar-refractivity contribution in [3.05, 3.63) is 71.8 Å². The summed E-state index contributed by atoms with van der Waals surface area (Å²) in [6, 6.07) is 19.1. The van der Waals surface area contributed by atoms with Gasteiger partial charge in [0.05, 0.1) is 7.11 Å². The van der Waals surface area contributed by atoms with Gasteiger partial charge in [-0.15, -0.1) is 0 Å². The lowest BCUT2D eigenvalue weighted by Crippen LogP contribution is -2.01. The lowest BCUT2D eigenvalue weighted by molar-refractivity contribution is 0.101. The van der Waals surface area contributed by atoms with Crippen LogP contribution in [0.1, 0.15) is 22.8 Å². The molecule has 0 spiro atoms. The lowest BCUT2D eigenvalue weighted by Gasteiger charge is -2.11. The Balaban J connectivity index is 1.64. The van der Waals surface area contributed by atoms with E-state index in [4.69, 9.17) is 13.9 Å². The molecule has 0 amide bonds. The molecular weight excluding hydrogens is 328 g/mol. The van der Waals surface area contributed by atoms with E-state index in [0.29, 0.717) is 17.9 Å². The zero-order valence-corrected chi connectivity index (χ0v) is 14.6. The zero-order chi connectivity index (χ0) is 18.1. The number of para-hydroxylation sites is 1. The maximum atomic E-state index is 11.6. The number of rotatable bonds is 5. The fraction of sp³-hybridized carbons (Fsp3) is 0.136. The van der Waals surface area contributed by atoms with Crippen LogP contribution in [0.4, 0.5) is 0 Å². The average Bonchev–Trinajstić information content (AvgIpc) is 3.04. The predicted molar refractivity (Wildman–Crippen MR) is 101 cm³/mol. The average molecular weight is 346 g/mol. The second kappa shape index (κ2) is 6.56. The summed E-state index contributed by atoms with van der Waals surface area (Å²) in [5.41, 5.74) is 3.16. The number of hydrogen-bond acceptors (Lipinski definition) is 4. The van der Waals surface area contributed by atoms with Crippen LogP contribution in [0.5, 0.6) is 11.5 Å². The SMILES string of the molecule is COc1ccc(C(C)=O)cc1COc1ccc2oc3ccccc3c2c1. The van der Waals surface area contributed by atoms with Crippen LogP contribution >= 0.6 is 0 Å². The molecule has 0 unspecified atom stereocenters. The van der Waals surface area contributed by atoms with Gasteiger partial charge >= 0.3 is 0 Å². The number of benzene rings is 3. The summed E-state index contributed by atoms with van der Waals surface area (Å²) < 4.78 is 17.2. The Morgan fingerprint density at radius 3 is 2.58 bits per heavy atom. The van der Waals surface area contributed by atoms with Crippen molar-refractivity contribution in [1.82, 2.24) is 0 Å². The van der Waals surface area contributed by atoms with Gasteiger partial charge in [-0.05, 0) is 49.4 Å². The van der Waals surface area contributed by atoms with E-state index in [1.807, 2.05) is 48.5 Å². The Labute approximate surface area is 150 Å². The Hall–Kier alpha value is -3.27. The van der Waals surface area contributed by atoms with Crippen molar-refractivity contribution < 1.29 is 18.7 Å². The highest BCUT2D eigenvalue weighted by Gasteiger charge is 2.10. The molecule has 0 N–H and O–H groups in total. The minimum Gasteiger partial charge on any atom is -0.496 e. The van der Waals surface area contributed by atoms with E-state index in [2.05, 4.69) is 0 Å². The standard InChI is InChI=1S/C22H18O4/c1-14(23)15-7-9-20(24-2)16(11-15)13-25-17-8-10-22-19(12-17)18-5-3-4-6-21(18)26-22/h3-12H,13H2,1-2H3. The third-order valence-corrected chi connectivity index (χ3v) is 4.43. The number of hydrogen-bond donors (Lipinski definition) is 0. The van der Waals surface area contributed by atoms with Crippen LogP contribution in [0.25, 0.3) is 21.9 Å². The van der Waals surface area contributed by atoms with Crippen molar-refractivity contribution in [2.24, 2.45) is 0 Å². The van der Waals surface area contributed by atoms with Crippen LogP contribution in [0.2, 0.25) is 0 Å². The summed E-state index contributed by atoms with van der Waals surface area (Å²) in [5.74, 6) is 1.45. The molecule has 4 aromatic rings. The topological polar surface area (TPSA) is 48.7 Å². The molecule has 0 aliphatic heterocycles. The lowest BCUT2D eigenvalue weighted by atomic mass is 10.1. The van der Waals surface area contributed by atoms with Crippen molar-refractivity contribution in [2.45, 2.75) is 13.5 Å². The number of carbonyl (C=O) groups excluding carboxylic acids is 1. The summed E-state index contributed by atoms with van der Waals surface area (Å²) in [4.78, 5) is 11.6. The predicted octanol–water partition coefficient (Wildman–Crippen LogP) is 5.38. The number of furan rings is 1. The molecule has 4 heteroatoms. The van der Waals surface area contributed by atoms with E-state index in [-0.39, 0.29) is 5.78 Å². The number of ketones is 1. The minimum absolute atomic E-state index is 0.0141. The third-order valence-electron chi connectivity index (χ3n) is 4.43. The van der Waals surface area contributed by atoms with E-state index in [9.17, 15) is 4.79 Å². The summed E-state index contributed by atoms with van der Waals surface area (Å²) in [7, 11) is 1.61. The highest BCUT2D eigenvalue weighted by atomic mass is 16.5. The van der Waals surface area contributed by atoms with E-state index in [1.54, 1.807) is 26.2 Å². The van der Waals surface area contributed by atoms with E-state index >= 15 is 0 Å². The molecule has 3 aromatic carbocycles. The Morgan fingerprint density at radius 1 is 0.962 bits per heavy atom. The largest absolute Gasteiger partial charge is 0.496 e. The fourth-order valence-electron chi connectivity index (χ4n) is 3.07. The fourth-order valence-corrected chi connectivity index (χ4v) is 3.07. The summed E-state index contributed by atoms with van der Waals surface area (Å²) in [6.45, 7) is 1.86. The quantitative estimate of drug-likeness (QED) is 0.455. The van der Waals surface area contributed by atoms with Gasteiger partial charge in [-0.3, -0.25) is 4.79 Å². The molecule has 0 radical (unpaired) electrons. The number of carbonyl (C=O) groups is 1. The first-order valence-corrected chi connectivity index (χ1v) is 8.37. The van der Waals surface area contributed by atoms with Gasteiger partial charge in [-0.25, -0.2) is 0 Å². The molecule has 26 heavy (non-hydrogen) atoms. The van der Waals surface area contributed by atoms with Crippen molar-refractivity contribution in [3.63, 3.8) is 0 Å². The molecular formula is C22H18O4. The summed E-state index contributed by atoms with van der Waals surface area (Å²) in [6.07, 6.45) is 0. The van der Waals surface area contributed by atoms with Crippen LogP contribution in [0.15, 0.2) is 65.1 Å². The van der Waals surface area contributed by atoms with Gasteiger partial charge in [-0.2, -0.15) is 0 Å². The van der Waals surface area contributed by atoms with Crippen molar-refractivity contribution >= 4 is 27.7 Å². The molecule has 0 atom stereocenters. The van der Waals surface area contributed by atoms with Crippen molar-refractivity contribution in [3.8, 4) is 11.5 Å². The number of fused-ring (bicyclic) bond motifs is 3. The van der Waals surface area contributed by atoms with Crippen LogP contribution in [0.3, 0.4) is 0 Å². The first-order chi connectivity index (χ1) is 12.7. The first-order valence-electron chi connectivity index (χ1n) is 8.37. The third kappa shape index (κ3) is 2.90. The second-order valence-electron chi connectivity index (χ2n) is 6.13. The summed E-state index contributed by atoms with van der Waals surface area (Å²) in [5, 5.41) is 2.08. The van der Waals surface area contributed by atoms with Crippen LogP contribution in [-0.2, 0) is 6.61 Å². The number of ether oxygens (including phenoxy) is 2. The summed E-state index contributed by atoms with van der Waals surface area (Å²) >= 11 is 0. The van der Waals surface area contributed by atoms with E-state index in [1.165, 1.54) is 0 Å². The smallest absolute Gasteiger partial charge is 0.159 e. The van der Waals surface area contributed by atoms with Gasteiger partial charge in [0.1, 0.15) is 29.3 Å². The van der Waals surface area contributed by atoms with Gasteiger partial charge in [0, 0.05) is 21.9 Å². The molecule has 0 saturated carbocycles. The van der Waals surface area contributed by atoms with Crippen LogP contribution < -0.4 is 9.47 Å². The van der Waals surface area contributed by atoms with Crippen molar-refractivity contribution in [1.29, 1.82) is 0 Å². The van der Waals surface area contributed by atoms with Gasteiger partial charge in [-0.1, -0.05) is 18.2 Å². The van der Waals surface area contributed by atoms with E-state index in [0.717, 1.165) is 33.3 Å². The molecule has 0 bridgehead atoms. The van der Waals surface area contributed by atoms with Crippen LogP contribution in [-0.4, -0.2) is 12.9 Å². The molecule has 1 heterocycles. The maximum absolute atomic E-state index is 11.6. The molecule has 130 valence electrons. The minimum atomic E-state index is 0.0141. The van der Waals surface area contributed by atoms with Crippen LogP contribution in [0, 0.1) is 0 Å². The van der Waals surface area contributed by atoms with Gasteiger partial charge < -0.3 is 13.9 Å². The Morgan fingerprint density at radius 2 is 1.77 bits per heavy atom. The highest BCUT2D eigenvalue weighted by Crippen LogP contribution is 2.32. The molecule has 0 saturated heterocycles. The highest BCUT2D eigenvalue weighted by molar-refractivity contribution is 6.05. The molecule has 0 fully saturated rings. The first kappa shape index (κ1) is 16.2. The normalized spacial score (nSPS) is 11.0. The second-order valence-corrected chi connectivity index (χ2v) is 6.13. The van der Waals surface area contributed by atoms with Gasteiger partial charge in [0.25, 0.3) is 0 Å². The molecule has 0 aliphatic carbocycles.